The average molecular weight is 506 g/mol. The Balaban J connectivity index is 1.46. The molecule has 0 bridgehead atoms. The standard InChI is InChI=1S/C28H31N3O4S/c1-5-34-22-12-9-20(15-23(22)35-6-2)13-14-29-24(32)16-31-17-30-27-26(28(31)33)25(19(4)36-27)21-10-7-18(3)8-11-21/h7-12,15,17H,5-6,13-14,16H2,1-4H3,(H,29,32). The number of carbonyl (C=O) groups excluding carboxylic acids is 1. The van der Waals surface area contributed by atoms with Gasteiger partial charge in [0.25, 0.3) is 5.56 Å². The summed E-state index contributed by atoms with van der Waals surface area (Å²) < 4.78 is 12.7. The van der Waals surface area contributed by atoms with Crippen molar-refractivity contribution in [3.05, 3.63) is 75.1 Å². The first kappa shape index (κ1) is 25.4. The van der Waals surface area contributed by atoms with E-state index in [1.807, 2.05) is 70.2 Å². The van der Waals surface area contributed by atoms with Crippen LogP contribution in [0.2, 0.25) is 0 Å². The van der Waals surface area contributed by atoms with Crippen molar-refractivity contribution < 1.29 is 14.3 Å². The van der Waals surface area contributed by atoms with Gasteiger partial charge >= 0.3 is 0 Å². The highest BCUT2D eigenvalue weighted by atomic mass is 32.1. The van der Waals surface area contributed by atoms with Crippen LogP contribution in [0.25, 0.3) is 21.3 Å². The molecule has 0 radical (unpaired) electrons. The van der Waals surface area contributed by atoms with Crippen molar-refractivity contribution in [3.8, 4) is 22.6 Å². The van der Waals surface area contributed by atoms with Crippen LogP contribution >= 0.6 is 11.3 Å². The molecule has 2 aromatic carbocycles. The quantitative estimate of drug-likeness (QED) is 0.332. The van der Waals surface area contributed by atoms with Crippen LogP contribution in [0.1, 0.15) is 29.9 Å². The van der Waals surface area contributed by atoms with E-state index in [-0.39, 0.29) is 18.0 Å². The first-order valence-electron chi connectivity index (χ1n) is 12.1. The zero-order valence-corrected chi connectivity index (χ0v) is 21.9. The van der Waals surface area contributed by atoms with E-state index in [1.54, 1.807) is 0 Å². The van der Waals surface area contributed by atoms with Gasteiger partial charge in [-0.2, -0.15) is 0 Å². The number of thiophene rings is 1. The second kappa shape index (κ2) is 11.4. The highest BCUT2D eigenvalue weighted by Gasteiger charge is 2.18. The van der Waals surface area contributed by atoms with Crippen molar-refractivity contribution in [3.63, 3.8) is 0 Å². The van der Waals surface area contributed by atoms with E-state index in [0.29, 0.717) is 47.9 Å². The van der Waals surface area contributed by atoms with E-state index in [2.05, 4.69) is 10.3 Å². The van der Waals surface area contributed by atoms with Crippen molar-refractivity contribution in [2.24, 2.45) is 0 Å². The van der Waals surface area contributed by atoms with Gasteiger partial charge in [-0.3, -0.25) is 14.2 Å². The maximum Gasteiger partial charge on any atom is 0.263 e. The lowest BCUT2D eigenvalue weighted by Gasteiger charge is -2.13. The molecule has 0 unspecified atom stereocenters. The Morgan fingerprint density at radius 1 is 1.03 bits per heavy atom. The number of aromatic nitrogens is 2. The lowest BCUT2D eigenvalue weighted by molar-refractivity contribution is -0.121. The van der Waals surface area contributed by atoms with E-state index in [1.165, 1.54) is 22.2 Å². The summed E-state index contributed by atoms with van der Waals surface area (Å²) in [5, 5.41) is 3.47. The maximum atomic E-state index is 13.3. The molecule has 0 atom stereocenters. The molecule has 2 aromatic heterocycles. The van der Waals surface area contributed by atoms with Gasteiger partial charge in [0.15, 0.2) is 11.5 Å². The van der Waals surface area contributed by atoms with Crippen LogP contribution < -0.4 is 20.3 Å². The van der Waals surface area contributed by atoms with Crippen LogP contribution in [0.5, 0.6) is 11.5 Å². The summed E-state index contributed by atoms with van der Waals surface area (Å²) in [6.07, 6.45) is 2.09. The molecule has 4 aromatic rings. The minimum Gasteiger partial charge on any atom is -0.490 e. The molecule has 0 spiro atoms. The van der Waals surface area contributed by atoms with Gasteiger partial charge in [0.1, 0.15) is 11.4 Å². The molecule has 0 saturated carbocycles. The molecule has 0 saturated heterocycles. The Kier molecular flexibility index (Phi) is 8.05. The van der Waals surface area contributed by atoms with Gasteiger partial charge in [0.2, 0.25) is 5.91 Å². The first-order chi connectivity index (χ1) is 17.4. The summed E-state index contributed by atoms with van der Waals surface area (Å²) in [6, 6.07) is 13.9. The molecule has 7 nitrogen and oxygen atoms in total. The zero-order chi connectivity index (χ0) is 25.7. The van der Waals surface area contributed by atoms with E-state index >= 15 is 0 Å². The molecule has 0 aliphatic carbocycles. The van der Waals surface area contributed by atoms with E-state index in [9.17, 15) is 9.59 Å². The summed E-state index contributed by atoms with van der Waals surface area (Å²) in [7, 11) is 0. The van der Waals surface area contributed by atoms with Crippen LogP contribution in [0.15, 0.2) is 53.6 Å². The van der Waals surface area contributed by atoms with E-state index in [4.69, 9.17) is 9.47 Å². The number of nitrogens with zero attached hydrogens (tertiary/aromatic N) is 2. The number of aryl methyl sites for hydroxylation is 2. The van der Waals surface area contributed by atoms with E-state index in [0.717, 1.165) is 27.1 Å². The van der Waals surface area contributed by atoms with Crippen LogP contribution in [-0.4, -0.2) is 35.2 Å². The number of fused-ring (bicyclic) bond motifs is 1. The van der Waals surface area contributed by atoms with Crippen molar-refractivity contribution in [1.29, 1.82) is 0 Å². The fourth-order valence-electron chi connectivity index (χ4n) is 4.13. The number of nitrogens with one attached hydrogen (secondary N) is 1. The summed E-state index contributed by atoms with van der Waals surface area (Å²) in [6.45, 7) is 9.35. The van der Waals surface area contributed by atoms with Crippen LogP contribution in [0.4, 0.5) is 0 Å². The number of ether oxygens (including phenoxy) is 2. The molecule has 8 heteroatoms. The molecule has 1 N–H and O–H groups in total. The van der Waals surface area contributed by atoms with Gasteiger partial charge in [-0.1, -0.05) is 35.9 Å². The van der Waals surface area contributed by atoms with Crippen molar-refractivity contribution in [1.82, 2.24) is 14.9 Å². The Labute approximate surface area is 214 Å². The molecule has 188 valence electrons. The number of amides is 1. The second-order valence-electron chi connectivity index (χ2n) is 8.50. The van der Waals surface area contributed by atoms with Gasteiger partial charge in [0.05, 0.1) is 24.9 Å². The summed E-state index contributed by atoms with van der Waals surface area (Å²) >= 11 is 1.50. The van der Waals surface area contributed by atoms with Crippen molar-refractivity contribution in [2.45, 2.75) is 40.7 Å². The molecule has 0 aliphatic rings. The third-order valence-corrected chi connectivity index (χ3v) is 6.87. The Hall–Kier alpha value is -3.65. The SMILES string of the molecule is CCOc1ccc(CCNC(=O)Cn2cnc3sc(C)c(-c4ccc(C)cc4)c3c2=O)cc1OCC. The van der Waals surface area contributed by atoms with Crippen LogP contribution in [0, 0.1) is 13.8 Å². The smallest absolute Gasteiger partial charge is 0.263 e. The fraction of sp³-hybridized carbons (Fsp3) is 0.321. The second-order valence-corrected chi connectivity index (χ2v) is 9.71. The number of hydrogen-bond donors (Lipinski definition) is 1. The fourth-order valence-corrected chi connectivity index (χ4v) is 5.13. The number of carbonyl (C=O) groups is 1. The molecular weight excluding hydrogens is 474 g/mol. The minimum atomic E-state index is -0.238. The van der Waals surface area contributed by atoms with Crippen molar-refractivity contribution >= 4 is 27.5 Å². The molecular formula is C28H31N3O4S. The monoisotopic (exact) mass is 505 g/mol. The van der Waals surface area contributed by atoms with Gasteiger partial charge in [-0.05, 0) is 57.4 Å². The molecule has 0 aliphatic heterocycles. The molecule has 1 amide bonds. The lowest BCUT2D eigenvalue weighted by atomic mass is 10.0. The maximum absolute atomic E-state index is 13.3. The zero-order valence-electron chi connectivity index (χ0n) is 21.1. The van der Waals surface area contributed by atoms with Gasteiger partial charge in [-0.15, -0.1) is 11.3 Å². The predicted molar refractivity (Wildman–Crippen MR) is 144 cm³/mol. The minimum absolute atomic E-state index is 0.0858. The van der Waals surface area contributed by atoms with Crippen molar-refractivity contribution in [2.75, 3.05) is 19.8 Å². The summed E-state index contributed by atoms with van der Waals surface area (Å²) in [4.78, 5) is 32.2. The predicted octanol–water partition coefficient (Wildman–Crippen LogP) is 4.90. The lowest BCUT2D eigenvalue weighted by Crippen LogP contribution is -2.33. The Bertz CT molecular complexity index is 1420. The third kappa shape index (κ3) is 5.60. The third-order valence-electron chi connectivity index (χ3n) is 5.85. The first-order valence-corrected chi connectivity index (χ1v) is 12.9. The Morgan fingerprint density at radius 3 is 2.47 bits per heavy atom. The topological polar surface area (TPSA) is 82.5 Å². The van der Waals surface area contributed by atoms with E-state index < -0.39 is 0 Å². The number of hydrogen-bond acceptors (Lipinski definition) is 6. The van der Waals surface area contributed by atoms with Gasteiger partial charge in [-0.25, -0.2) is 4.98 Å². The normalized spacial score (nSPS) is 11.0. The number of rotatable bonds is 10. The summed E-state index contributed by atoms with van der Waals surface area (Å²) in [5.41, 5.74) is 3.85. The van der Waals surface area contributed by atoms with Gasteiger partial charge in [0, 0.05) is 17.0 Å². The average Bonchev–Trinajstić information content (AvgIpc) is 3.20. The van der Waals surface area contributed by atoms with Crippen LogP contribution in [0.3, 0.4) is 0 Å². The molecule has 0 fully saturated rings. The molecule has 2 heterocycles. The van der Waals surface area contributed by atoms with Crippen LogP contribution in [-0.2, 0) is 17.8 Å². The molecule has 4 rings (SSSR count). The highest BCUT2D eigenvalue weighted by Crippen LogP contribution is 2.35. The number of benzene rings is 2. The largest absolute Gasteiger partial charge is 0.490 e. The van der Waals surface area contributed by atoms with Gasteiger partial charge < -0.3 is 14.8 Å². The molecule has 36 heavy (non-hydrogen) atoms. The summed E-state index contributed by atoms with van der Waals surface area (Å²) in [5.74, 6) is 1.17. The highest BCUT2D eigenvalue weighted by molar-refractivity contribution is 7.19. The Morgan fingerprint density at radius 2 is 1.75 bits per heavy atom.